The van der Waals surface area contributed by atoms with E-state index in [0.29, 0.717) is 0 Å². The quantitative estimate of drug-likeness (QED) is 0.287. The van der Waals surface area contributed by atoms with Crippen molar-refractivity contribution in [3.8, 4) is 17.6 Å². The molecular formula is C26H26BrF6MgNO3. The summed E-state index contributed by atoms with van der Waals surface area (Å²) in [6.07, 6.45) is -4.34. The molecule has 38 heavy (non-hydrogen) atoms. The number of nitrogens with zero attached hydrogens (tertiary/aromatic N) is 1. The third-order valence-electron chi connectivity index (χ3n) is 6.58. The van der Waals surface area contributed by atoms with Crippen LogP contribution in [0.5, 0.6) is 11.5 Å². The summed E-state index contributed by atoms with van der Waals surface area (Å²) >= 11 is 0. The summed E-state index contributed by atoms with van der Waals surface area (Å²) in [5, 5.41) is 9.08. The Balaban J connectivity index is 0.000000669. The summed E-state index contributed by atoms with van der Waals surface area (Å²) in [7, 11) is 0. The van der Waals surface area contributed by atoms with Gasteiger partial charge in [0.2, 0.25) is 0 Å². The monoisotopic (exact) mass is 617 g/mol. The molecule has 0 saturated heterocycles. The number of benzene rings is 2. The van der Waals surface area contributed by atoms with Gasteiger partial charge in [-0.2, -0.15) is 5.26 Å². The topological polar surface area (TPSA) is 59.3 Å². The van der Waals surface area contributed by atoms with Crippen LogP contribution < -0.4 is 26.5 Å². The summed E-state index contributed by atoms with van der Waals surface area (Å²) in [6.45, 7) is 1.53. The van der Waals surface area contributed by atoms with Crippen molar-refractivity contribution < 1.29 is 57.6 Å². The second kappa shape index (κ2) is 13.9. The molecule has 0 N–H and O–H groups in total. The van der Waals surface area contributed by atoms with E-state index in [2.05, 4.69) is 15.5 Å². The average Bonchev–Trinajstić information content (AvgIpc) is 2.67. The van der Waals surface area contributed by atoms with Crippen LogP contribution in [0.25, 0.3) is 0 Å². The van der Waals surface area contributed by atoms with E-state index in [0.717, 1.165) is 49.7 Å². The van der Waals surface area contributed by atoms with Crippen molar-refractivity contribution in [2.24, 2.45) is 0 Å². The molecule has 2 aliphatic carbocycles. The van der Waals surface area contributed by atoms with Gasteiger partial charge in [0.15, 0.2) is 0 Å². The maximum absolute atomic E-state index is 12.0. The molecule has 0 aromatic heterocycles. The average molecular weight is 619 g/mol. The zero-order valence-corrected chi connectivity index (χ0v) is 23.9. The Morgan fingerprint density at radius 1 is 0.789 bits per heavy atom. The Labute approximate surface area is 244 Å². The van der Waals surface area contributed by atoms with Crippen molar-refractivity contribution in [3.05, 3.63) is 67.1 Å². The first-order valence-electron chi connectivity index (χ1n) is 10.9. The van der Waals surface area contributed by atoms with Gasteiger partial charge in [-0.1, -0.05) is 30.7 Å². The van der Waals surface area contributed by atoms with E-state index >= 15 is 0 Å². The van der Waals surface area contributed by atoms with Crippen LogP contribution in [0.2, 0.25) is 0 Å². The molecule has 0 aliphatic heterocycles. The van der Waals surface area contributed by atoms with E-state index in [4.69, 9.17) is 5.26 Å². The Morgan fingerprint density at radius 3 is 1.39 bits per heavy atom. The van der Waals surface area contributed by atoms with Crippen LogP contribution in [-0.4, -0.2) is 41.6 Å². The molecule has 0 unspecified atom stereocenters. The summed E-state index contributed by atoms with van der Waals surface area (Å²) in [4.78, 5) is 11.7. The van der Waals surface area contributed by atoms with Crippen molar-refractivity contribution in [2.45, 2.75) is 69.0 Å². The third-order valence-corrected chi connectivity index (χ3v) is 6.58. The molecule has 2 saturated carbocycles. The summed E-state index contributed by atoms with van der Waals surface area (Å²) < 4.78 is 79.4. The molecule has 204 valence electrons. The van der Waals surface area contributed by atoms with Gasteiger partial charge in [-0.3, -0.25) is 4.79 Å². The largest absolute Gasteiger partial charge is 2.00 e. The number of nitriles is 1. The number of Topliss-reactive ketones (excluding diaryl/α,β-unsaturated/α-hetero) is 1. The number of carbonyl (C=O) groups is 1. The Morgan fingerprint density at radius 2 is 1.16 bits per heavy atom. The fraction of sp³-hybridized carbons (Fsp3) is 0.423. The number of carbonyl (C=O) groups excluding carboxylic acids is 1. The molecule has 2 aromatic carbocycles. The molecule has 2 aromatic rings. The first-order chi connectivity index (χ1) is 16.3. The van der Waals surface area contributed by atoms with Gasteiger partial charge in [-0.05, 0) is 74.4 Å². The predicted molar refractivity (Wildman–Crippen MR) is 126 cm³/mol. The minimum Gasteiger partial charge on any atom is -1.00 e. The van der Waals surface area contributed by atoms with Gasteiger partial charge in [-0.15, -0.1) is 26.3 Å². The first kappa shape index (κ1) is 36.0. The molecule has 12 heteroatoms. The fourth-order valence-electron chi connectivity index (χ4n) is 4.32. The van der Waals surface area contributed by atoms with Gasteiger partial charge in [0.1, 0.15) is 17.3 Å². The molecule has 4 nitrogen and oxygen atoms in total. The van der Waals surface area contributed by atoms with E-state index in [1.165, 1.54) is 43.3 Å². The predicted octanol–water partition coefficient (Wildman–Crippen LogP) is 4.20. The summed E-state index contributed by atoms with van der Waals surface area (Å²) in [5.74, 6) is -0.448. The number of ketones is 1. The zero-order chi connectivity index (χ0) is 25.9. The molecule has 0 amide bonds. The molecule has 4 rings (SSSR count). The number of rotatable bonds is 5. The summed E-state index contributed by atoms with van der Waals surface area (Å²) in [6, 6.07) is 13.4. The minimum absolute atomic E-state index is 0. The minimum atomic E-state index is -4.68. The zero-order valence-electron chi connectivity index (χ0n) is 20.9. The normalized spacial score (nSPS) is 16.6. The van der Waals surface area contributed by atoms with E-state index in [1.54, 1.807) is 12.1 Å². The molecule has 2 fully saturated rings. The van der Waals surface area contributed by atoms with Crippen LogP contribution in [0.1, 0.15) is 56.6 Å². The van der Waals surface area contributed by atoms with Crippen molar-refractivity contribution in [2.75, 3.05) is 0 Å². The molecule has 0 bridgehead atoms. The van der Waals surface area contributed by atoms with Crippen LogP contribution >= 0.6 is 0 Å². The van der Waals surface area contributed by atoms with Gasteiger partial charge in [-0.25, -0.2) is 0 Å². The Kier molecular flexibility index (Phi) is 13.2. The van der Waals surface area contributed by atoms with Crippen molar-refractivity contribution in [1.29, 1.82) is 5.26 Å². The number of halogens is 7. The van der Waals surface area contributed by atoms with Crippen LogP contribution in [0, 0.1) is 18.8 Å². The van der Waals surface area contributed by atoms with Crippen LogP contribution in [0.15, 0.2) is 48.5 Å². The number of ether oxygens (including phenoxy) is 2. The van der Waals surface area contributed by atoms with E-state index in [9.17, 15) is 31.1 Å². The molecule has 0 heterocycles. The smallest absolute Gasteiger partial charge is 1.00 e. The van der Waals surface area contributed by atoms with E-state index in [-0.39, 0.29) is 64.7 Å². The second-order valence-corrected chi connectivity index (χ2v) is 8.68. The molecule has 0 radical (unpaired) electrons. The summed E-state index contributed by atoms with van der Waals surface area (Å²) in [5.41, 5.74) is 0.546. The standard InChI is InChI=1S/C13H13F3O2.C12H10F3NO.CH3.BrH.Mg/c1-9(17)12(7-2-8-12)10-3-5-11(6-4-10)18-13(14,15)16;13-12(14,15)17-10-4-2-9(3-5-10)11(8-16)6-1-7-11;;;/h3-6H,2,7-8H2,1H3;2-5H,1,6-7H2;1H3;1H;/q;;-1;;+2/p-1. The van der Waals surface area contributed by atoms with Crippen LogP contribution in [0.3, 0.4) is 0 Å². The molecular weight excluding hydrogens is 592 g/mol. The maximum atomic E-state index is 12.0. The van der Waals surface area contributed by atoms with Crippen molar-refractivity contribution in [1.82, 2.24) is 0 Å². The number of hydrogen-bond acceptors (Lipinski definition) is 4. The Hall–Kier alpha value is -1.97. The number of alkyl halides is 6. The molecule has 2 aliphatic rings. The SMILES string of the molecule is CC(=O)C1(c2ccc(OC(F)(F)F)cc2)CCC1.N#CC1(c2ccc(OC(F)(F)F)cc2)CCC1.[Br-].[CH3-].[Mg+2]. The van der Waals surface area contributed by atoms with Crippen LogP contribution in [-0.2, 0) is 15.6 Å². The first-order valence-corrected chi connectivity index (χ1v) is 10.9. The number of hydrogen-bond donors (Lipinski definition) is 0. The van der Waals surface area contributed by atoms with E-state index in [1.807, 2.05) is 0 Å². The maximum Gasteiger partial charge on any atom is 2.00 e. The Bertz CT molecular complexity index is 1070. The third kappa shape index (κ3) is 8.78. The van der Waals surface area contributed by atoms with Crippen LogP contribution in [0.4, 0.5) is 26.3 Å². The van der Waals surface area contributed by atoms with E-state index < -0.39 is 23.6 Å². The van der Waals surface area contributed by atoms with Gasteiger partial charge in [0.25, 0.3) is 0 Å². The fourth-order valence-corrected chi connectivity index (χ4v) is 4.32. The van der Waals surface area contributed by atoms with Gasteiger partial charge >= 0.3 is 35.8 Å². The second-order valence-electron chi connectivity index (χ2n) is 8.68. The van der Waals surface area contributed by atoms with Crippen molar-refractivity contribution >= 4 is 28.8 Å². The van der Waals surface area contributed by atoms with Gasteiger partial charge in [0.05, 0.1) is 16.9 Å². The van der Waals surface area contributed by atoms with Crippen molar-refractivity contribution in [3.63, 3.8) is 0 Å². The van der Waals surface area contributed by atoms with Gasteiger partial charge in [0, 0.05) is 0 Å². The molecule has 0 spiro atoms. The molecule has 0 atom stereocenters. The van der Waals surface area contributed by atoms with Gasteiger partial charge < -0.3 is 33.9 Å².